The van der Waals surface area contributed by atoms with E-state index in [0.717, 1.165) is 23.8 Å². The first-order chi connectivity index (χ1) is 14.6. The minimum absolute atomic E-state index is 0.0157. The molecule has 2 aromatic heterocycles. The van der Waals surface area contributed by atoms with Crippen molar-refractivity contribution < 1.29 is 13.2 Å². The second kappa shape index (κ2) is 9.61. The van der Waals surface area contributed by atoms with Gasteiger partial charge in [0.2, 0.25) is 5.91 Å². The lowest BCUT2D eigenvalue weighted by atomic mass is 10.3. The zero-order valence-corrected chi connectivity index (χ0v) is 19.3. The molecule has 1 saturated heterocycles. The molecular weight excluding hydrogens is 467 g/mol. The van der Waals surface area contributed by atoms with Crippen molar-refractivity contribution in [3.05, 3.63) is 44.3 Å². The molecule has 10 nitrogen and oxygen atoms in total. The van der Waals surface area contributed by atoms with Crippen LogP contribution in [0.15, 0.2) is 28.2 Å². The number of likely N-dealkylation sites (N-methyl/N-ethyl adjacent to an activating group) is 1. The Kier molecular flexibility index (Phi) is 7.32. The van der Waals surface area contributed by atoms with Crippen molar-refractivity contribution in [3.8, 4) is 0 Å². The predicted octanol–water partition coefficient (Wildman–Crippen LogP) is 1.22. The van der Waals surface area contributed by atoms with Crippen LogP contribution in [-0.4, -0.2) is 71.5 Å². The van der Waals surface area contributed by atoms with Crippen LogP contribution in [0.2, 0.25) is 10.0 Å². The molecule has 0 spiro atoms. The van der Waals surface area contributed by atoms with Gasteiger partial charge in [0, 0.05) is 19.6 Å². The van der Waals surface area contributed by atoms with Crippen molar-refractivity contribution in [3.63, 3.8) is 0 Å². The van der Waals surface area contributed by atoms with E-state index in [0.29, 0.717) is 25.2 Å². The fourth-order valence-electron chi connectivity index (χ4n) is 3.10. The Hall–Kier alpha value is -2.05. The molecular formula is C18H22Cl2N6O4S. The standard InChI is InChI=1S/C18H22Cl2N6O4S/c1-12-4-5-14(22-15(27)11-26-18(28)16(20)13(19)10-21-26)23-17(12)31(29,30)25-7-3-6-24(2)8-9-25/h4-5,10H,3,6-9,11H2,1-2H3,(H,22,23,27). The minimum atomic E-state index is -3.83. The fraction of sp³-hybridized carbons (Fsp3) is 0.444. The highest BCUT2D eigenvalue weighted by atomic mass is 35.5. The molecule has 3 heterocycles. The van der Waals surface area contributed by atoms with Crippen LogP contribution < -0.4 is 10.9 Å². The number of amides is 1. The number of carbonyl (C=O) groups is 1. The third kappa shape index (κ3) is 5.42. The number of aryl methyl sites for hydroxylation is 1. The first-order valence-electron chi connectivity index (χ1n) is 9.47. The van der Waals surface area contributed by atoms with Gasteiger partial charge in [0.25, 0.3) is 15.6 Å². The Morgan fingerprint density at radius 2 is 1.94 bits per heavy atom. The number of aromatic nitrogens is 3. The monoisotopic (exact) mass is 488 g/mol. The number of hydrogen-bond donors (Lipinski definition) is 1. The second-order valence-corrected chi connectivity index (χ2v) is 9.84. The Labute approximate surface area is 189 Å². The van der Waals surface area contributed by atoms with Crippen molar-refractivity contribution >= 4 is 45.0 Å². The van der Waals surface area contributed by atoms with Crippen LogP contribution in [-0.2, 0) is 21.4 Å². The topological polar surface area (TPSA) is 117 Å². The highest BCUT2D eigenvalue weighted by Crippen LogP contribution is 2.21. The lowest BCUT2D eigenvalue weighted by molar-refractivity contribution is -0.117. The Balaban J connectivity index is 1.80. The number of halogens is 2. The van der Waals surface area contributed by atoms with Crippen LogP contribution >= 0.6 is 23.2 Å². The van der Waals surface area contributed by atoms with Crippen LogP contribution in [0.4, 0.5) is 5.82 Å². The molecule has 1 fully saturated rings. The van der Waals surface area contributed by atoms with Gasteiger partial charge in [-0.2, -0.15) is 9.40 Å². The summed E-state index contributed by atoms with van der Waals surface area (Å²) in [7, 11) is -1.88. The summed E-state index contributed by atoms with van der Waals surface area (Å²) in [6, 6.07) is 3.07. The molecule has 168 valence electrons. The molecule has 3 rings (SSSR count). The van der Waals surface area contributed by atoms with E-state index in [1.165, 1.54) is 10.4 Å². The predicted molar refractivity (Wildman–Crippen MR) is 117 cm³/mol. The normalized spacial score (nSPS) is 16.1. The largest absolute Gasteiger partial charge is 0.309 e. The summed E-state index contributed by atoms with van der Waals surface area (Å²) in [5.41, 5.74) is -0.242. The van der Waals surface area contributed by atoms with Gasteiger partial charge in [-0.25, -0.2) is 18.1 Å². The van der Waals surface area contributed by atoms with E-state index < -0.39 is 28.0 Å². The second-order valence-electron chi connectivity index (χ2n) is 7.20. The first-order valence-corrected chi connectivity index (χ1v) is 11.7. The highest BCUT2D eigenvalue weighted by molar-refractivity contribution is 7.89. The maximum Gasteiger partial charge on any atom is 0.287 e. The lowest BCUT2D eigenvalue weighted by Crippen LogP contribution is -2.35. The zero-order chi connectivity index (χ0) is 22.8. The number of hydrogen-bond acceptors (Lipinski definition) is 7. The lowest BCUT2D eigenvalue weighted by Gasteiger charge is -2.21. The molecule has 1 aliphatic rings. The molecule has 13 heteroatoms. The number of pyridine rings is 1. The van der Waals surface area contributed by atoms with E-state index in [9.17, 15) is 18.0 Å². The van der Waals surface area contributed by atoms with E-state index in [1.807, 2.05) is 7.05 Å². The van der Waals surface area contributed by atoms with Crippen LogP contribution in [0.1, 0.15) is 12.0 Å². The molecule has 0 aliphatic carbocycles. The third-order valence-corrected chi connectivity index (χ3v) is 7.51. The maximum atomic E-state index is 13.2. The summed E-state index contributed by atoms with van der Waals surface area (Å²) < 4.78 is 28.6. The SMILES string of the molecule is Cc1ccc(NC(=O)Cn2ncc(Cl)c(Cl)c2=O)nc1S(=O)(=O)N1CCCN(C)CC1. The number of anilines is 1. The van der Waals surface area contributed by atoms with Crippen LogP contribution in [0, 0.1) is 6.92 Å². The van der Waals surface area contributed by atoms with Crippen LogP contribution in [0.25, 0.3) is 0 Å². The smallest absolute Gasteiger partial charge is 0.287 e. The Bertz CT molecular complexity index is 1150. The summed E-state index contributed by atoms with van der Waals surface area (Å²) in [6.45, 7) is 3.41. The van der Waals surface area contributed by atoms with E-state index in [4.69, 9.17) is 23.2 Å². The Morgan fingerprint density at radius 1 is 1.19 bits per heavy atom. The molecule has 0 radical (unpaired) electrons. The molecule has 31 heavy (non-hydrogen) atoms. The first kappa shape index (κ1) is 23.6. The summed E-state index contributed by atoms with van der Waals surface area (Å²) in [6.07, 6.45) is 1.88. The highest BCUT2D eigenvalue weighted by Gasteiger charge is 2.29. The molecule has 0 atom stereocenters. The van der Waals surface area contributed by atoms with Gasteiger partial charge in [0.05, 0.1) is 11.2 Å². The van der Waals surface area contributed by atoms with Crippen LogP contribution in [0.5, 0.6) is 0 Å². The molecule has 0 bridgehead atoms. The number of nitrogens with one attached hydrogen (secondary N) is 1. The number of rotatable bonds is 5. The molecule has 1 aliphatic heterocycles. The molecule has 0 aromatic carbocycles. The third-order valence-electron chi connectivity index (χ3n) is 4.82. The number of carbonyl (C=O) groups excluding carboxylic acids is 1. The van der Waals surface area contributed by atoms with Crippen molar-refractivity contribution in [1.82, 2.24) is 24.0 Å². The van der Waals surface area contributed by atoms with Gasteiger partial charge >= 0.3 is 0 Å². The molecule has 1 amide bonds. The maximum absolute atomic E-state index is 13.2. The summed E-state index contributed by atoms with van der Waals surface area (Å²) in [4.78, 5) is 30.7. The zero-order valence-electron chi connectivity index (χ0n) is 17.0. The van der Waals surface area contributed by atoms with Gasteiger partial charge in [0.1, 0.15) is 17.4 Å². The van der Waals surface area contributed by atoms with Gasteiger partial charge in [-0.15, -0.1) is 0 Å². The number of nitrogens with zero attached hydrogens (tertiary/aromatic N) is 5. The van der Waals surface area contributed by atoms with Crippen molar-refractivity contribution in [2.24, 2.45) is 0 Å². The van der Waals surface area contributed by atoms with Gasteiger partial charge < -0.3 is 10.2 Å². The molecule has 0 saturated carbocycles. The van der Waals surface area contributed by atoms with Crippen molar-refractivity contribution in [2.75, 3.05) is 38.5 Å². The molecule has 0 unspecified atom stereocenters. The van der Waals surface area contributed by atoms with Gasteiger partial charge in [-0.05, 0) is 38.6 Å². The van der Waals surface area contributed by atoms with E-state index in [-0.39, 0.29) is 20.9 Å². The van der Waals surface area contributed by atoms with E-state index >= 15 is 0 Å². The van der Waals surface area contributed by atoms with Gasteiger partial charge in [0.15, 0.2) is 5.03 Å². The van der Waals surface area contributed by atoms with Gasteiger partial charge in [-0.3, -0.25) is 9.59 Å². The van der Waals surface area contributed by atoms with Crippen molar-refractivity contribution in [2.45, 2.75) is 24.9 Å². The van der Waals surface area contributed by atoms with Crippen LogP contribution in [0.3, 0.4) is 0 Å². The van der Waals surface area contributed by atoms with Gasteiger partial charge in [-0.1, -0.05) is 29.3 Å². The minimum Gasteiger partial charge on any atom is -0.309 e. The average molecular weight is 489 g/mol. The quantitative estimate of drug-likeness (QED) is 0.671. The van der Waals surface area contributed by atoms with E-state index in [2.05, 4.69) is 20.3 Å². The Morgan fingerprint density at radius 3 is 2.68 bits per heavy atom. The molecule has 1 N–H and O–H groups in total. The average Bonchev–Trinajstić information content (AvgIpc) is 2.95. The molecule has 2 aromatic rings. The summed E-state index contributed by atoms with van der Waals surface area (Å²) in [5.74, 6) is -0.571. The summed E-state index contributed by atoms with van der Waals surface area (Å²) in [5, 5.41) is 5.90. The fourth-order valence-corrected chi connectivity index (χ4v) is 5.00. The summed E-state index contributed by atoms with van der Waals surface area (Å²) >= 11 is 11.5. The van der Waals surface area contributed by atoms with E-state index in [1.54, 1.807) is 13.0 Å². The van der Waals surface area contributed by atoms with Crippen molar-refractivity contribution in [1.29, 1.82) is 0 Å². The number of sulfonamides is 1.